The SMILES string of the molecule is Cn1c(=O)c2c(nc(NC[C@H](O)CO)n2Cc2c(F)cccc2Cl)n(C)c1=O. The van der Waals surface area contributed by atoms with Crippen LogP contribution in [0.2, 0.25) is 5.02 Å². The van der Waals surface area contributed by atoms with Gasteiger partial charge in [0, 0.05) is 31.2 Å². The zero-order valence-corrected chi connectivity index (χ0v) is 15.9. The second-order valence-electron chi connectivity index (χ2n) is 6.32. The highest BCUT2D eigenvalue weighted by Crippen LogP contribution is 2.24. The molecule has 150 valence electrons. The first-order valence-electron chi connectivity index (χ1n) is 8.38. The topological polar surface area (TPSA) is 114 Å². The van der Waals surface area contributed by atoms with Crippen molar-refractivity contribution in [1.82, 2.24) is 18.7 Å². The number of benzene rings is 1. The van der Waals surface area contributed by atoms with Gasteiger partial charge in [-0.3, -0.25) is 18.5 Å². The first-order chi connectivity index (χ1) is 13.3. The highest BCUT2D eigenvalue weighted by atomic mass is 35.5. The van der Waals surface area contributed by atoms with Gasteiger partial charge in [-0.2, -0.15) is 4.98 Å². The number of aryl methyl sites for hydroxylation is 1. The summed E-state index contributed by atoms with van der Waals surface area (Å²) >= 11 is 6.12. The van der Waals surface area contributed by atoms with Crippen molar-refractivity contribution in [3.05, 3.63) is 55.4 Å². The minimum atomic E-state index is -1.07. The Balaban J connectivity index is 2.25. The fourth-order valence-corrected chi connectivity index (χ4v) is 3.07. The lowest BCUT2D eigenvalue weighted by molar-refractivity contribution is 0.105. The molecule has 0 saturated heterocycles. The third kappa shape index (κ3) is 3.41. The molecule has 0 aliphatic rings. The molecule has 0 amide bonds. The van der Waals surface area contributed by atoms with E-state index in [-0.39, 0.29) is 40.8 Å². The summed E-state index contributed by atoms with van der Waals surface area (Å²) in [5.74, 6) is -0.433. The molecule has 1 atom stereocenters. The molecule has 28 heavy (non-hydrogen) atoms. The molecular formula is C17H19ClFN5O4. The van der Waals surface area contributed by atoms with Crippen molar-refractivity contribution < 1.29 is 14.6 Å². The van der Waals surface area contributed by atoms with Crippen molar-refractivity contribution in [3.8, 4) is 0 Å². The van der Waals surface area contributed by atoms with Crippen LogP contribution in [0, 0.1) is 5.82 Å². The summed E-state index contributed by atoms with van der Waals surface area (Å²) in [7, 11) is 2.80. The van der Waals surface area contributed by atoms with E-state index in [9.17, 15) is 19.1 Å². The maximum absolute atomic E-state index is 14.3. The quantitative estimate of drug-likeness (QED) is 0.527. The average molecular weight is 412 g/mol. The number of hydrogen-bond acceptors (Lipinski definition) is 6. The summed E-state index contributed by atoms with van der Waals surface area (Å²) in [5, 5.41) is 21.6. The number of aromatic nitrogens is 4. The molecule has 0 aliphatic heterocycles. The van der Waals surface area contributed by atoms with Gasteiger partial charge < -0.3 is 15.5 Å². The number of nitrogens with zero attached hydrogens (tertiary/aromatic N) is 4. The van der Waals surface area contributed by atoms with Crippen molar-refractivity contribution in [1.29, 1.82) is 0 Å². The Bertz CT molecular complexity index is 1130. The third-order valence-electron chi connectivity index (χ3n) is 4.43. The lowest BCUT2D eigenvalue weighted by Gasteiger charge is -2.14. The monoisotopic (exact) mass is 411 g/mol. The van der Waals surface area contributed by atoms with Gasteiger partial charge in [0.15, 0.2) is 11.2 Å². The number of imidazole rings is 1. The van der Waals surface area contributed by atoms with Gasteiger partial charge in [-0.15, -0.1) is 0 Å². The first kappa shape index (κ1) is 20.1. The van der Waals surface area contributed by atoms with Gasteiger partial charge in [0.1, 0.15) is 5.82 Å². The van der Waals surface area contributed by atoms with E-state index in [2.05, 4.69) is 10.3 Å². The Morgan fingerprint density at radius 2 is 2.00 bits per heavy atom. The molecule has 2 heterocycles. The molecule has 1 aromatic carbocycles. The van der Waals surface area contributed by atoms with E-state index < -0.39 is 29.8 Å². The number of aliphatic hydroxyl groups excluding tert-OH is 2. The molecule has 0 unspecified atom stereocenters. The van der Waals surface area contributed by atoms with Crippen LogP contribution < -0.4 is 16.6 Å². The first-order valence-corrected chi connectivity index (χ1v) is 8.76. The summed E-state index contributed by atoms with van der Waals surface area (Å²) in [6.07, 6.45) is -1.07. The molecule has 9 nitrogen and oxygen atoms in total. The molecule has 0 fully saturated rings. The molecule has 2 aromatic heterocycles. The lowest BCUT2D eigenvalue weighted by atomic mass is 10.2. The van der Waals surface area contributed by atoms with Crippen LogP contribution >= 0.6 is 11.6 Å². The zero-order valence-electron chi connectivity index (χ0n) is 15.2. The van der Waals surface area contributed by atoms with Crippen LogP contribution in [0.3, 0.4) is 0 Å². The fraction of sp³-hybridized carbons (Fsp3) is 0.353. The fourth-order valence-electron chi connectivity index (χ4n) is 2.85. The van der Waals surface area contributed by atoms with Gasteiger partial charge in [0.2, 0.25) is 5.95 Å². The van der Waals surface area contributed by atoms with Crippen molar-refractivity contribution in [2.24, 2.45) is 14.1 Å². The number of aliphatic hydroxyl groups is 2. The average Bonchev–Trinajstić information content (AvgIpc) is 3.04. The highest BCUT2D eigenvalue weighted by molar-refractivity contribution is 6.31. The van der Waals surface area contributed by atoms with E-state index >= 15 is 0 Å². The van der Waals surface area contributed by atoms with Gasteiger partial charge >= 0.3 is 5.69 Å². The molecule has 0 spiro atoms. The van der Waals surface area contributed by atoms with E-state index in [0.29, 0.717) is 0 Å². The molecule has 0 saturated carbocycles. The molecule has 0 bridgehead atoms. The Morgan fingerprint density at radius 1 is 1.29 bits per heavy atom. The summed E-state index contributed by atoms with van der Waals surface area (Å²) < 4.78 is 17.8. The van der Waals surface area contributed by atoms with E-state index in [1.165, 1.54) is 41.4 Å². The van der Waals surface area contributed by atoms with Crippen LogP contribution in [0.5, 0.6) is 0 Å². The second-order valence-corrected chi connectivity index (χ2v) is 6.72. The van der Waals surface area contributed by atoms with Crippen molar-refractivity contribution in [3.63, 3.8) is 0 Å². The number of nitrogens with one attached hydrogen (secondary N) is 1. The van der Waals surface area contributed by atoms with Crippen LogP contribution in [0.4, 0.5) is 10.3 Å². The van der Waals surface area contributed by atoms with Crippen molar-refractivity contribution in [2.75, 3.05) is 18.5 Å². The van der Waals surface area contributed by atoms with Crippen molar-refractivity contribution >= 4 is 28.7 Å². The Hall–Kier alpha value is -2.69. The number of hydrogen-bond donors (Lipinski definition) is 3. The van der Waals surface area contributed by atoms with Crippen LogP contribution in [0.25, 0.3) is 11.2 Å². The Morgan fingerprint density at radius 3 is 2.64 bits per heavy atom. The van der Waals surface area contributed by atoms with Gasteiger partial charge in [-0.25, -0.2) is 9.18 Å². The van der Waals surface area contributed by atoms with Crippen LogP contribution in [0.15, 0.2) is 27.8 Å². The molecule has 3 rings (SSSR count). The molecule has 11 heteroatoms. The van der Waals surface area contributed by atoms with E-state index in [0.717, 1.165) is 4.57 Å². The van der Waals surface area contributed by atoms with Crippen LogP contribution in [-0.4, -0.2) is 48.2 Å². The largest absolute Gasteiger partial charge is 0.394 e. The summed E-state index contributed by atoms with van der Waals surface area (Å²) in [6.45, 7) is -0.682. The third-order valence-corrected chi connectivity index (χ3v) is 4.79. The second kappa shape index (κ2) is 7.74. The number of anilines is 1. The standard InChI is InChI=1S/C17H19ClFN5O4/c1-22-14-13(15(27)23(2)17(22)28)24(16(21-14)20-6-9(26)8-25)7-10-11(18)4-3-5-12(10)19/h3-5,9,25-26H,6-8H2,1-2H3,(H,20,21)/t9-/m0/s1. The normalized spacial score (nSPS) is 12.5. The smallest absolute Gasteiger partial charge is 0.332 e. The number of halogens is 2. The van der Waals surface area contributed by atoms with Crippen LogP contribution in [-0.2, 0) is 20.6 Å². The molecule has 3 aromatic rings. The Labute approximate surface area is 163 Å². The minimum Gasteiger partial charge on any atom is -0.394 e. The van der Waals surface area contributed by atoms with Gasteiger partial charge in [0.25, 0.3) is 5.56 Å². The number of rotatable bonds is 6. The molecule has 0 radical (unpaired) electrons. The maximum atomic E-state index is 14.3. The van der Waals surface area contributed by atoms with E-state index in [1.54, 1.807) is 0 Å². The zero-order chi connectivity index (χ0) is 20.6. The van der Waals surface area contributed by atoms with E-state index in [4.69, 9.17) is 16.7 Å². The lowest BCUT2D eigenvalue weighted by Crippen LogP contribution is -2.37. The van der Waals surface area contributed by atoms with Gasteiger partial charge in [-0.05, 0) is 12.1 Å². The summed E-state index contributed by atoms with van der Waals surface area (Å²) in [6, 6.07) is 4.24. The van der Waals surface area contributed by atoms with E-state index in [1.807, 2.05) is 0 Å². The van der Waals surface area contributed by atoms with Crippen LogP contribution in [0.1, 0.15) is 5.56 Å². The highest BCUT2D eigenvalue weighted by Gasteiger charge is 2.21. The van der Waals surface area contributed by atoms with Gasteiger partial charge in [0.05, 0.1) is 19.3 Å². The minimum absolute atomic E-state index is 0.0703. The summed E-state index contributed by atoms with van der Waals surface area (Å²) in [4.78, 5) is 29.2. The summed E-state index contributed by atoms with van der Waals surface area (Å²) in [5.41, 5.74) is -0.849. The van der Waals surface area contributed by atoms with Crippen molar-refractivity contribution in [2.45, 2.75) is 12.6 Å². The maximum Gasteiger partial charge on any atom is 0.332 e. The molecular weight excluding hydrogens is 393 g/mol. The predicted octanol–water partition coefficient (Wildman–Crippen LogP) is 0.0396. The molecule has 0 aliphatic carbocycles. The number of fused-ring (bicyclic) bond motifs is 1. The van der Waals surface area contributed by atoms with Gasteiger partial charge in [-0.1, -0.05) is 17.7 Å². The Kier molecular flexibility index (Phi) is 5.54. The molecule has 3 N–H and O–H groups in total. The predicted molar refractivity (Wildman–Crippen MR) is 102 cm³/mol.